The summed E-state index contributed by atoms with van der Waals surface area (Å²) in [7, 11) is 0. The van der Waals surface area contributed by atoms with Crippen molar-refractivity contribution in [2.75, 3.05) is 12.3 Å². The van der Waals surface area contributed by atoms with Crippen LogP contribution in [0.5, 0.6) is 0 Å². The predicted molar refractivity (Wildman–Crippen MR) is 151 cm³/mol. The maximum Gasteiger partial charge on any atom is 0.243 e. The predicted octanol–water partition coefficient (Wildman–Crippen LogP) is 6.44. The van der Waals surface area contributed by atoms with Crippen LogP contribution in [0, 0.1) is 6.92 Å². The average Bonchev–Trinajstić information content (AvgIpc) is 2.87. The second kappa shape index (κ2) is 14.7. The SMILES string of the molecule is CCCCNC(=O)[C@@H](Cc1ccccc1)N(Cc1cccc(C)c1)C(=O)CSCc1cccc(Cl)c1. The Morgan fingerprint density at radius 2 is 1.67 bits per heavy atom. The van der Waals surface area contributed by atoms with Gasteiger partial charge in [0.1, 0.15) is 6.04 Å². The van der Waals surface area contributed by atoms with Gasteiger partial charge in [0.05, 0.1) is 5.75 Å². The molecule has 3 aromatic carbocycles. The van der Waals surface area contributed by atoms with E-state index in [2.05, 4.69) is 18.3 Å². The molecule has 1 N–H and O–H groups in total. The van der Waals surface area contributed by atoms with Crippen molar-refractivity contribution in [3.8, 4) is 0 Å². The number of nitrogens with zero attached hydrogens (tertiary/aromatic N) is 1. The molecule has 190 valence electrons. The smallest absolute Gasteiger partial charge is 0.243 e. The van der Waals surface area contributed by atoms with Gasteiger partial charge in [-0.15, -0.1) is 11.8 Å². The zero-order valence-corrected chi connectivity index (χ0v) is 22.7. The second-order valence-corrected chi connectivity index (χ2v) is 10.4. The van der Waals surface area contributed by atoms with Gasteiger partial charge in [-0.05, 0) is 42.2 Å². The molecule has 0 aromatic heterocycles. The summed E-state index contributed by atoms with van der Waals surface area (Å²) in [6, 6.07) is 25.1. The number of thioether (sulfide) groups is 1. The molecule has 2 amide bonds. The fourth-order valence-corrected chi connectivity index (χ4v) is 5.10. The van der Waals surface area contributed by atoms with Crippen LogP contribution in [0.1, 0.15) is 42.0 Å². The van der Waals surface area contributed by atoms with E-state index in [1.807, 2.05) is 79.7 Å². The lowest BCUT2D eigenvalue weighted by molar-refractivity contribution is -0.139. The molecule has 0 aliphatic heterocycles. The largest absolute Gasteiger partial charge is 0.354 e. The van der Waals surface area contributed by atoms with Gasteiger partial charge in [-0.3, -0.25) is 9.59 Å². The van der Waals surface area contributed by atoms with E-state index in [4.69, 9.17) is 11.6 Å². The van der Waals surface area contributed by atoms with E-state index in [1.165, 1.54) is 0 Å². The Balaban J connectivity index is 1.83. The van der Waals surface area contributed by atoms with E-state index >= 15 is 0 Å². The molecule has 0 saturated carbocycles. The quantitative estimate of drug-likeness (QED) is 0.263. The van der Waals surface area contributed by atoms with Crippen LogP contribution in [0.2, 0.25) is 5.02 Å². The number of benzene rings is 3. The van der Waals surface area contributed by atoms with Crippen molar-refractivity contribution in [2.24, 2.45) is 0 Å². The number of aryl methyl sites for hydroxylation is 1. The van der Waals surface area contributed by atoms with Crippen molar-refractivity contribution in [3.63, 3.8) is 0 Å². The van der Waals surface area contributed by atoms with Gasteiger partial charge in [-0.25, -0.2) is 0 Å². The Labute approximate surface area is 224 Å². The lowest BCUT2D eigenvalue weighted by Crippen LogP contribution is -2.51. The van der Waals surface area contributed by atoms with Crippen molar-refractivity contribution in [1.29, 1.82) is 0 Å². The molecule has 0 unspecified atom stereocenters. The average molecular weight is 523 g/mol. The highest BCUT2D eigenvalue weighted by Crippen LogP contribution is 2.20. The van der Waals surface area contributed by atoms with Gasteiger partial charge in [-0.2, -0.15) is 0 Å². The Morgan fingerprint density at radius 1 is 0.944 bits per heavy atom. The van der Waals surface area contributed by atoms with Gasteiger partial charge in [-0.1, -0.05) is 97.2 Å². The van der Waals surface area contributed by atoms with Crippen LogP contribution >= 0.6 is 23.4 Å². The van der Waals surface area contributed by atoms with Gasteiger partial charge < -0.3 is 10.2 Å². The monoisotopic (exact) mass is 522 g/mol. The highest BCUT2D eigenvalue weighted by Gasteiger charge is 2.30. The molecule has 0 heterocycles. The molecule has 0 aliphatic carbocycles. The lowest BCUT2D eigenvalue weighted by atomic mass is 10.0. The number of carbonyl (C=O) groups is 2. The summed E-state index contributed by atoms with van der Waals surface area (Å²) < 4.78 is 0. The number of hydrogen-bond acceptors (Lipinski definition) is 3. The molecule has 1 atom stereocenters. The normalized spacial score (nSPS) is 11.6. The number of rotatable bonds is 13. The van der Waals surface area contributed by atoms with Gasteiger partial charge in [0.25, 0.3) is 0 Å². The third-order valence-corrected chi connectivity index (χ3v) is 7.14. The molecule has 0 bridgehead atoms. The third kappa shape index (κ3) is 9.03. The van der Waals surface area contributed by atoms with Gasteiger partial charge >= 0.3 is 0 Å². The van der Waals surface area contributed by atoms with Crippen LogP contribution in [-0.4, -0.2) is 35.1 Å². The van der Waals surface area contributed by atoms with E-state index in [0.29, 0.717) is 30.3 Å². The second-order valence-electron chi connectivity index (χ2n) is 8.98. The first-order valence-corrected chi connectivity index (χ1v) is 14.0. The van der Waals surface area contributed by atoms with E-state index in [1.54, 1.807) is 16.7 Å². The summed E-state index contributed by atoms with van der Waals surface area (Å²) in [5.41, 5.74) is 4.25. The number of nitrogens with one attached hydrogen (secondary N) is 1. The van der Waals surface area contributed by atoms with Crippen molar-refractivity contribution < 1.29 is 9.59 Å². The van der Waals surface area contributed by atoms with Crippen molar-refractivity contribution in [3.05, 3.63) is 106 Å². The number of hydrogen-bond donors (Lipinski definition) is 1. The molecule has 0 saturated heterocycles. The summed E-state index contributed by atoms with van der Waals surface area (Å²) in [5.74, 6) is 0.811. The molecule has 3 rings (SSSR count). The summed E-state index contributed by atoms with van der Waals surface area (Å²) >= 11 is 7.66. The van der Waals surface area contributed by atoms with E-state index in [9.17, 15) is 9.59 Å². The fraction of sp³-hybridized carbons (Fsp3) is 0.333. The van der Waals surface area contributed by atoms with E-state index in [0.717, 1.165) is 35.1 Å². The summed E-state index contributed by atoms with van der Waals surface area (Å²) in [5, 5.41) is 3.76. The third-order valence-electron chi connectivity index (χ3n) is 5.92. The van der Waals surface area contributed by atoms with E-state index < -0.39 is 6.04 Å². The first-order chi connectivity index (χ1) is 17.5. The molecular weight excluding hydrogens is 488 g/mol. The Bertz CT molecular complexity index is 1120. The maximum atomic E-state index is 13.7. The van der Waals surface area contributed by atoms with E-state index in [-0.39, 0.29) is 17.6 Å². The molecule has 0 spiro atoms. The molecule has 4 nitrogen and oxygen atoms in total. The summed E-state index contributed by atoms with van der Waals surface area (Å²) in [4.78, 5) is 28.8. The van der Waals surface area contributed by atoms with Crippen LogP contribution in [0.4, 0.5) is 0 Å². The minimum Gasteiger partial charge on any atom is -0.354 e. The standard InChI is InChI=1S/C30H35ClN2O2S/c1-3-4-16-32-30(35)28(19-24-11-6-5-7-12-24)33(20-25-13-8-10-23(2)17-25)29(34)22-36-21-26-14-9-15-27(31)18-26/h5-15,17-18,28H,3-4,16,19-22H2,1-2H3,(H,32,35)/t28-/m1/s1. The highest BCUT2D eigenvalue weighted by molar-refractivity contribution is 7.99. The Morgan fingerprint density at radius 3 is 2.39 bits per heavy atom. The Kier molecular flexibility index (Phi) is 11.4. The Hall–Kier alpha value is -2.76. The van der Waals surface area contributed by atoms with Crippen LogP contribution < -0.4 is 5.32 Å². The number of unbranched alkanes of at least 4 members (excludes halogenated alkanes) is 1. The molecule has 3 aromatic rings. The number of amides is 2. The number of carbonyl (C=O) groups excluding carboxylic acids is 2. The molecular formula is C30H35ClN2O2S. The van der Waals surface area contributed by atoms with Crippen molar-refractivity contribution in [2.45, 2.75) is 51.4 Å². The molecule has 0 fully saturated rings. The zero-order valence-electron chi connectivity index (χ0n) is 21.1. The summed E-state index contributed by atoms with van der Waals surface area (Å²) in [6.07, 6.45) is 2.37. The first kappa shape index (κ1) is 27.8. The van der Waals surface area contributed by atoms with Crippen LogP contribution in [0.15, 0.2) is 78.9 Å². The summed E-state index contributed by atoms with van der Waals surface area (Å²) in [6.45, 7) is 5.13. The number of halogens is 1. The van der Waals surface area contributed by atoms with Gasteiger partial charge in [0.15, 0.2) is 0 Å². The fourth-order valence-electron chi connectivity index (χ4n) is 4.03. The molecule has 6 heteroatoms. The zero-order chi connectivity index (χ0) is 25.8. The first-order valence-electron chi connectivity index (χ1n) is 12.4. The minimum absolute atomic E-state index is 0.0462. The van der Waals surface area contributed by atoms with Crippen molar-refractivity contribution in [1.82, 2.24) is 10.2 Å². The lowest BCUT2D eigenvalue weighted by Gasteiger charge is -2.31. The molecule has 0 aliphatic rings. The van der Waals surface area contributed by atoms with Crippen LogP contribution in [0.25, 0.3) is 0 Å². The topological polar surface area (TPSA) is 49.4 Å². The molecule has 36 heavy (non-hydrogen) atoms. The molecule has 0 radical (unpaired) electrons. The van der Waals surface area contributed by atoms with Gasteiger partial charge in [0.2, 0.25) is 11.8 Å². The van der Waals surface area contributed by atoms with Crippen molar-refractivity contribution >= 4 is 35.2 Å². The highest BCUT2D eigenvalue weighted by atomic mass is 35.5. The minimum atomic E-state index is -0.593. The van der Waals surface area contributed by atoms with Crippen LogP contribution in [-0.2, 0) is 28.3 Å². The van der Waals surface area contributed by atoms with Gasteiger partial charge in [0, 0.05) is 30.3 Å². The maximum absolute atomic E-state index is 13.7. The van der Waals surface area contributed by atoms with Crippen LogP contribution in [0.3, 0.4) is 0 Å².